The number of carbonyl (C=O) groups is 2. The number of hydrogen-bond acceptors (Lipinski definition) is 4. The van der Waals surface area contributed by atoms with Gasteiger partial charge in [-0.1, -0.05) is 13.8 Å². The highest BCUT2D eigenvalue weighted by atomic mass is 16.1. The van der Waals surface area contributed by atoms with Gasteiger partial charge in [0.25, 0.3) is 0 Å². The molecule has 1 rings (SSSR count). The van der Waals surface area contributed by atoms with Crippen molar-refractivity contribution in [3.05, 3.63) is 0 Å². The molecule has 2 N–H and O–H groups in total. The number of nitrogens with two attached hydrogens (primary N) is 1. The normalized spacial score (nSPS) is 16.5. The van der Waals surface area contributed by atoms with Gasteiger partial charge in [0.2, 0.25) is 5.91 Å². The first-order valence-electron chi connectivity index (χ1n) is 4.91. The van der Waals surface area contributed by atoms with Crippen molar-refractivity contribution in [2.24, 2.45) is 26.8 Å². The highest BCUT2D eigenvalue weighted by Gasteiger charge is 2.44. The van der Waals surface area contributed by atoms with E-state index in [1.807, 2.05) is 0 Å². The lowest BCUT2D eigenvalue weighted by Gasteiger charge is -2.25. The van der Waals surface area contributed by atoms with Gasteiger partial charge in [-0.25, -0.2) is 0 Å². The minimum atomic E-state index is -0.802. The third kappa shape index (κ3) is 2.40. The zero-order valence-electron chi connectivity index (χ0n) is 9.57. The molecule has 0 aromatic rings. The smallest absolute Gasteiger partial charge is 0.223 e. The third-order valence-corrected chi connectivity index (χ3v) is 2.86. The quantitative estimate of drug-likeness (QED) is 0.742. The van der Waals surface area contributed by atoms with Gasteiger partial charge in [-0.05, 0) is 13.8 Å². The topological polar surface area (TPSA) is 84.9 Å². The van der Waals surface area contributed by atoms with Crippen LogP contribution in [-0.2, 0) is 9.59 Å². The molecule has 1 amide bonds. The molecule has 84 valence electrons. The SMILES string of the molecule is CC(C)(CC(=O)C(C)(C)C1N=N1)C(N)=O. The van der Waals surface area contributed by atoms with E-state index in [9.17, 15) is 9.59 Å². The summed E-state index contributed by atoms with van der Waals surface area (Å²) in [6, 6.07) is 0. The highest BCUT2D eigenvalue weighted by Crippen LogP contribution is 2.37. The third-order valence-electron chi connectivity index (χ3n) is 2.86. The average Bonchev–Trinajstić information content (AvgIpc) is 2.84. The maximum absolute atomic E-state index is 11.9. The van der Waals surface area contributed by atoms with E-state index in [1.54, 1.807) is 27.7 Å². The van der Waals surface area contributed by atoms with E-state index < -0.39 is 16.7 Å². The van der Waals surface area contributed by atoms with Gasteiger partial charge < -0.3 is 5.73 Å². The number of primary amides is 1. The van der Waals surface area contributed by atoms with Crippen LogP contribution < -0.4 is 5.73 Å². The number of nitrogens with zero attached hydrogens (tertiary/aromatic N) is 2. The molecule has 0 atom stereocenters. The van der Waals surface area contributed by atoms with Crippen molar-refractivity contribution in [1.29, 1.82) is 0 Å². The van der Waals surface area contributed by atoms with Crippen LogP contribution in [0, 0.1) is 10.8 Å². The maximum atomic E-state index is 11.9. The Kier molecular flexibility index (Phi) is 2.67. The van der Waals surface area contributed by atoms with Gasteiger partial charge in [-0.2, -0.15) is 10.2 Å². The first kappa shape index (κ1) is 11.8. The molecular weight excluding hydrogens is 194 g/mol. The van der Waals surface area contributed by atoms with Crippen LogP contribution in [-0.4, -0.2) is 17.9 Å². The number of Topliss-reactive ketones (excluding diaryl/α,β-unsaturated/α-hetero) is 1. The van der Waals surface area contributed by atoms with Crippen LogP contribution in [0.2, 0.25) is 0 Å². The zero-order chi connectivity index (χ0) is 11.9. The zero-order valence-corrected chi connectivity index (χ0v) is 9.57. The Morgan fingerprint density at radius 3 is 2.00 bits per heavy atom. The Morgan fingerprint density at radius 1 is 1.20 bits per heavy atom. The molecule has 0 fully saturated rings. The molecule has 0 aromatic heterocycles. The minimum absolute atomic E-state index is 0.0266. The molecule has 1 aliphatic heterocycles. The lowest BCUT2D eigenvalue weighted by molar-refractivity contribution is -0.135. The van der Waals surface area contributed by atoms with Crippen LogP contribution in [0.4, 0.5) is 0 Å². The van der Waals surface area contributed by atoms with Gasteiger partial charge in [0.15, 0.2) is 6.17 Å². The largest absolute Gasteiger partial charge is 0.369 e. The summed E-state index contributed by atoms with van der Waals surface area (Å²) >= 11 is 0. The van der Waals surface area contributed by atoms with Crippen molar-refractivity contribution >= 4 is 11.7 Å². The summed E-state index contributed by atoms with van der Waals surface area (Å²) in [7, 11) is 0. The Labute approximate surface area is 89.1 Å². The molecule has 0 saturated carbocycles. The number of amides is 1. The van der Waals surface area contributed by atoms with Gasteiger partial charge in [0.05, 0.1) is 10.8 Å². The average molecular weight is 211 g/mol. The molecule has 0 saturated heterocycles. The fourth-order valence-electron chi connectivity index (χ4n) is 1.18. The molecule has 5 nitrogen and oxygen atoms in total. The summed E-state index contributed by atoms with van der Waals surface area (Å²) < 4.78 is 0. The van der Waals surface area contributed by atoms with Crippen LogP contribution in [0.15, 0.2) is 10.2 Å². The van der Waals surface area contributed by atoms with E-state index in [1.165, 1.54) is 0 Å². The molecular formula is C10H17N3O2. The second kappa shape index (κ2) is 3.40. The van der Waals surface area contributed by atoms with Crippen LogP contribution in [0.5, 0.6) is 0 Å². The van der Waals surface area contributed by atoms with E-state index in [4.69, 9.17) is 5.73 Å². The Morgan fingerprint density at radius 2 is 1.67 bits per heavy atom. The van der Waals surface area contributed by atoms with E-state index >= 15 is 0 Å². The van der Waals surface area contributed by atoms with Crippen molar-refractivity contribution in [3.63, 3.8) is 0 Å². The summed E-state index contributed by atoms with van der Waals surface area (Å²) in [5, 5.41) is 7.52. The van der Waals surface area contributed by atoms with Crippen molar-refractivity contribution in [2.75, 3.05) is 0 Å². The lowest BCUT2D eigenvalue weighted by Crippen LogP contribution is -2.39. The number of carbonyl (C=O) groups excluding carboxylic acids is 2. The summed E-state index contributed by atoms with van der Waals surface area (Å²) in [4.78, 5) is 23.0. The van der Waals surface area contributed by atoms with Crippen LogP contribution in [0.1, 0.15) is 34.1 Å². The number of rotatable bonds is 5. The predicted octanol–water partition coefficient (Wildman–Crippen LogP) is 1.28. The summed E-state index contributed by atoms with van der Waals surface area (Å²) in [5.74, 6) is -0.488. The van der Waals surface area contributed by atoms with Crippen molar-refractivity contribution in [1.82, 2.24) is 0 Å². The van der Waals surface area contributed by atoms with Crippen molar-refractivity contribution in [2.45, 2.75) is 40.3 Å². The standard InChI is InChI=1S/C10H17N3O2/c1-9(2,7(11)15)5-6(14)10(3,4)8-12-13-8/h8H,5H2,1-4H3,(H2,11,15). The Balaban J connectivity index is 2.66. The van der Waals surface area contributed by atoms with Crippen molar-refractivity contribution < 1.29 is 9.59 Å². The first-order chi connectivity index (χ1) is 6.68. The fourth-order valence-corrected chi connectivity index (χ4v) is 1.18. The van der Waals surface area contributed by atoms with Crippen LogP contribution in [0.25, 0.3) is 0 Å². The number of ketones is 1. The minimum Gasteiger partial charge on any atom is -0.369 e. The molecule has 1 aliphatic rings. The predicted molar refractivity (Wildman–Crippen MR) is 55.0 cm³/mol. The molecule has 15 heavy (non-hydrogen) atoms. The van der Waals surface area contributed by atoms with Gasteiger partial charge >= 0.3 is 0 Å². The van der Waals surface area contributed by atoms with Gasteiger partial charge in [-0.3, -0.25) is 9.59 Å². The molecule has 0 radical (unpaired) electrons. The van der Waals surface area contributed by atoms with E-state index in [0.29, 0.717) is 0 Å². The van der Waals surface area contributed by atoms with Crippen LogP contribution >= 0.6 is 0 Å². The molecule has 1 heterocycles. The molecule has 0 aliphatic carbocycles. The number of hydrogen-bond donors (Lipinski definition) is 1. The second-order valence-electron chi connectivity index (χ2n) is 5.17. The molecule has 0 bridgehead atoms. The van der Waals surface area contributed by atoms with E-state index in [-0.39, 0.29) is 18.4 Å². The summed E-state index contributed by atoms with van der Waals surface area (Å²) in [6.07, 6.45) is -0.106. The summed E-state index contributed by atoms with van der Waals surface area (Å²) in [5.41, 5.74) is 3.79. The van der Waals surface area contributed by atoms with Crippen molar-refractivity contribution in [3.8, 4) is 0 Å². The lowest BCUT2D eigenvalue weighted by atomic mass is 9.76. The second-order valence-corrected chi connectivity index (χ2v) is 5.17. The maximum Gasteiger partial charge on any atom is 0.223 e. The molecule has 5 heteroatoms. The van der Waals surface area contributed by atoms with Gasteiger partial charge in [-0.15, -0.1) is 0 Å². The van der Waals surface area contributed by atoms with Gasteiger partial charge in [0, 0.05) is 6.42 Å². The fraction of sp³-hybridized carbons (Fsp3) is 0.800. The molecule has 0 spiro atoms. The van der Waals surface area contributed by atoms with E-state index in [2.05, 4.69) is 10.2 Å². The van der Waals surface area contributed by atoms with E-state index in [0.717, 1.165) is 0 Å². The van der Waals surface area contributed by atoms with Gasteiger partial charge in [0.1, 0.15) is 5.78 Å². The van der Waals surface area contributed by atoms with Crippen LogP contribution in [0.3, 0.4) is 0 Å². The first-order valence-corrected chi connectivity index (χ1v) is 4.91. The Bertz CT molecular complexity index is 326. The Hall–Kier alpha value is -1.26. The monoisotopic (exact) mass is 211 g/mol. The summed E-state index contributed by atoms with van der Waals surface area (Å²) in [6.45, 7) is 6.92. The molecule has 0 unspecified atom stereocenters. The highest BCUT2D eigenvalue weighted by molar-refractivity contribution is 5.91. The molecule has 0 aromatic carbocycles.